The Morgan fingerprint density at radius 3 is 1.81 bits per heavy atom. The standard InChI is InChI=1S/C32H35NO3.ClH/c1-26(24-35-25-29-16-9-4-10-17-29)36-31-19-11-18-30(20-31)32(34)23-33(21-27-12-5-2-6-13-27)22-28-14-7-3-8-15-28;/h2-20,26,32,34H,21-25H2,1H3;1H/t26?,32-;/m1./s1. The molecule has 1 unspecified atom stereocenters. The molecule has 0 radical (unpaired) electrons. The highest BCUT2D eigenvalue weighted by Gasteiger charge is 2.16. The maximum absolute atomic E-state index is 11.2. The van der Waals surface area contributed by atoms with Crippen LogP contribution in [-0.2, 0) is 24.4 Å². The first kappa shape index (κ1) is 28.4. The van der Waals surface area contributed by atoms with Gasteiger partial charge in [0.2, 0.25) is 0 Å². The fourth-order valence-corrected chi connectivity index (χ4v) is 4.20. The molecule has 4 aromatic rings. The number of hydrogen-bond donors (Lipinski definition) is 1. The van der Waals surface area contributed by atoms with Crippen LogP contribution in [0, 0.1) is 0 Å². The van der Waals surface area contributed by atoms with Gasteiger partial charge in [0.15, 0.2) is 0 Å². The molecule has 4 nitrogen and oxygen atoms in total. The highest BCUT2D eigenvalue weighted by Crippen LogP contribution is 2.23. The Morgan fingerprint density at radius 2 is 1.24 bits per heavy atom. The lowest BCUT2D eigenvalue weighted by molar-refractivity contribution is 0.0490. The van der Waals surface area contributed by atoms with E-state index in [-0.39, 0.29) is 18.5 Å². The molecule has 0 amide bonds. The minimum Gasteiger partial charge on any atom is -0.488 e. The first-order valence-electron chi connectivity index (χ1n) is 12.5. The fraction of sp³-hybridized carbons (Fsp3) is 0.250. The Labute approximate surface area is 226 Å². The highest BCUT2D eigenvalue weighted by molar-refractivity contribution is 5.85. The zero-order valence-electron chi connectivity index (χ0n) is 21.3. The number of ether oxygens (including phenoxy) is 2. The molecule has 1 N–H and O–H groups in total. The monoisotopic (exact) mass is 517 g/mol. The lowest BCUT2D eigenvalue weighted by Crippen LogP contribution is -2.28. The maximum Gasteiger partial charge on any atom is 0.120 e. The van der Waals surface area contributed by atoms with E-state index in [9.17, 15) is 5.11 Å². The summed E-state index contributed by atoms with van der Waals surface area (Å²) in [5.41, 5.74) is 4.44. The van der Waals surface area contributed by atoms with Crippen molar-refractivity contribution in [2.45, 2.75) is 38.8 Å². The summed E-state index contributed by atoms with van der Waals surface area (Å²) in [4.78, 5) is 2.28. The van der Waals surface area contributed by atoms with Gasteiger partial charge in [-0.05, 0) is 41.3 Å². The summed E-state index contributed by atoms with van der Waals surface area (Å²) in [7, 11) is 0. The van der Waals surface area contributed by atoms with E-state index in [0.29, 0.717) is 19.8 Å². The van der Waals surface area contributed by atoms with Crippen LogP contribution in [0.3, 0.4) is 0 Å². The van der Waals surface area contributed by atoms with Crippen LogP contribution in [-0.4, -0.2) is 29.3 Å². The number of hydrogen-bond acceptors (Lipinski definition) is 4. The second kappa shape index (κ2) is 15.2. The van der Waals surface area contributed by atoms with Crippen LogP contribution in [0.5, 0.6) is 5.75 Å². The molecule has 0 saturated carbocycles. The zero-order valence-corrected chi connectivity index (χ0v) is 22.1. The Balaban J connectivity index is 0.00000380. The van der Waals surface area contributed by atoms with Crippen LogP contribution in [0.2, 0.25) is 0 Å². The van der Waals surface area contributed by atoms with Gasteiger partial charge in [-0.3, -0.25) is 4.90 Å². The van der Waals surface area contributed by atoms with E-state index in [1.165, 1.54) is 11.1 Å². The summed E-state index contributed by atoms with van der Waals surface area (Å²) in [6.07, 6.45) is -0.737. The molecule has 5 heteroatoms. The minimum absolute atomic E-state index is 0. The molecule has 0 bridgehead atoms. The van der Waals surface area contributed by atoms with Crippen molar-refractivity contribution in [3.05, 3.63) is 138 Å². The summed E-state index contributed by atoms with van der Waals surface area (Å²) < 4.78 is 11.9. The Hall–Kier alpha value is -3.15. The number of aliphatic hydroxyl groups excluding tert-OH is 1. The third-order valence-corrected chi connectivity index (χ3v) is 5.97. The van der Waals surface area contributed by atoms with Crippen LogP contribution in [0.25, 0.3) is 0 Å². The van der Waals surface area contributed by atoms with Crippen molar-refractivity contribution in [2.24, 2.45) is 0 Å². The van der Waals surface area contributed by atoms with Gasteiger partial charge in [-0.1, -0.05) is 103 Å². The highest BCUT2D eigenvalue weighted by atomic mass is 35.5. The molecule has 0 spiro atoms. The second-order valence-corrected chi connectivity index (χ2v) is 9.16. The summed E-state index contributed by atoms with van der Waals surface area (Å²) in [5.74, 6) is 0.736. The average Bonchev–Trinajstić information content (AvgIpc) is 2.90. The van der Waals surface area contributed by atoms with E-state index in [1.807, 2.05) is 61.5 Å². The third kappa shape index (κ3) is 9.67. The van der Waals surface area contributed by atoms with Gasteiger partial charge in [0.05, 0.1) is 19.3 Å². The zero-order chi connectivity index (χ0) is 25.0. The summed E-state index contributed by atoms with van der Waals surface area (Å²) in [5, 5.41) is 11.2. The third-order valence-electron chi connectivity index (χ3n) is 5.97. The van der Waals surface area contributed by atoms with Crippen LogP contribution in [0.1, 0.15) is 35.3 Å². The van der Waals surface area contributed by atoms with E-state index >= 15 is 0 Å². The molecule has 194 valence electrons. The largest absolute Gasteiger partial charge is 0.488 e. The molecular formula is C32H36ClNO3. The minimum atomic E-state index is -0.634. The molecule has 37 heavy (non-hydrogen) atoms. The number of nitrogens with zero attached hydrogens (tertiary/aromatic N) is 1. The van der Waals surface area contributed by atoms with E-state index in [1.54, 1.807) is 0 Å². The van der Waals surface area contributed by atoms with Crippen molar-refractivity contribution in [1.29, 1.82) is 0 Å². The fourth-order valence-electron chi connectivity index (χ4n) is 4.20. The van der Waals surface area contributed by atoms with Crippen LogP contribution in [0.4, 0.5) is 0 Å². The summed E-state index contributed by atoms with van der Waals surface area (Å²) >= 11 is 0. The number of aliphatic hydroxyl groups is 1. The molecule has 4 aromatic carbocycles. The van der Waals surface area contributed by atoms with Gasteiger partial charge >= 0.3 is 0 Å². The normalized spacial score (nSPS) is 12.5. The van der Waals surface area contributed by atoms with Crippen molar-refractivity contribution >= 4 is 12.4 Å². The second-order valence-electron chi connectivity index (χ2n) is 9.16. The molecule has 0 aliphatic carbocycles. The average molecular weight is 518 g/mol. The topological polar surface area (TPSA) is 41.9 Å². The van der Waals surface area contributed by atoms with Crippen molar-refractivity contribution in [3.8, 4) is 5.75 Å². The lowest BCUT2D eigenvalue weighted by Gasteiger charge is -2.26. The van der Waals surface area contributed by atoms with Gasteiger partial charge in [-0.15, -0.1) is 12.4 Å². The van der Waals surface area contributed by atoms with Gasteiger partial charge in [-0.25, -0.2) is 0 Å². The van der Waals surface area contributed by atoms with Crippen molar-refractivity contribution < 1.29 is 14.6 Å². The molecule has 0 aliphatic heterocycles. The Bertz CT molecular complexity index is 1120. The molecule has 0 heterocycles. The molecule has 0 saturated heterocycles. The van der Waals surface area contributed by atoms with Crippen LogP contribution in [0.15, 0.2) is 115 Å². The van der Waals surface area contributed by atoms with E-state index in [0.717, 1.165) is 30.0 Å². The van der Waals surface area contributed by atoms with Gasteiger partial charge < -0.3 is 14.6 Å². The summed E-state index contributed by atoms with van der Waals surface area (Å²) in [6.45, 7) is 5.09. The first-order valence-corrected chi connectivity index (χ1v) is 12.5. The van der Waals surface area contributed by atoms with Crippen molar-refractivity contribution in [1.82, 2.24) is 4.90 Å². The SMILES string of the molecule is CC(COCc1ccccc1)Oc1cccc([C@H](O)CN(Cc2ccccc2)Cc2ccccc2)c1.Cl. The van der Waals surface area contributed by atoms with Crippen molar-refractivity contribution in [2.75, 3.05) is 13.2 Å². The Kier molecular flexibility index (Phi) is 11.7. The van der Waals surface area contributed by atoms with Gasteiger partial charge in [0.1, 0.15) is 11.9 Å². The number of rotatable bonds is 13. The predicted octanol–water partition coefficient (Wildman–Crippen LogP) is 6.83. The van der Waals surface area contributed by atoms with Gasteiger partial charge in [-0.2, -0.15) is 0 Å². The quantitative estimate of drug-likeness (QED) is 0.211. The smallest absolute Gasteiger partial charge is 0.120 e. The van der Waals surface area contributed by atoms with Gasteiger partial charge in [0.25, 0.3) is 0 Å². The molecule has 0 aromatic heterocycles. The van der Waals surface area contributed by atoms with Gasteiger partial charge in [0, 0.05) is 19.6 Å². The summed E-state index contributed by atoms with van der Waals surface area (Å²) in [6, 6.07) is 38.6. The Morgan fingerprint density at radius 1 is 0.703 bits per heavy atom. The first-order chi connectivity index (χ1) is 17.7. The molecule has 4 rings (SSSR count). The maximum atomic E-state index is 11.2. The van der Waals surface area contributed by atoms with Crippen LogP contribution >= 0.6 is 12.4 Å². The molecule has 0 aliphatic rings. The number of halogens is 1. The van der Waals surface area contributed by atoms with Crippen molar-refractivity contribution in [3.63, 3.8) is 0 Å². The predicted molar refractivity (Wildman–Crippen MR) is 152 cm³/mol. The van der Waals surface area contributed by atoms with Crippen LogP contribution < -0.4 is 4.74 Å². The van der Waals surface area contributed by atoms with E-state index in [4.69, 9.17) is 9.47 Å². The molecule has 0 fully saturated rings. The van der Waals surface area contributed by atoms with E-state index in [2.05, 4.69) is 65.6 Å². The lowest BCUT2D eigenvalue weighted by atomic mass is 10.1. The van der Waals surface area contributed by atoms with E-state index < -0.39 is 6.10 Å². The molecule has 2 atom stereocenters. The molecular weight excluding hydrogens is 482 g/mol. The number of benzene rings is 4.